The van der Waals surface area contributed by atoms with Crippen LogP contribution in [0, 0.1) is 5.92 Å². The normalized spacial score (nSPS) is 13.3. The van der Waals surface area contributed by atoms with Crippen molar-refractivity contribution in [2.24, 2.45) is 5.92 Å². The van der Waals surface area contributed by atoms with Crippen LogP contribution in [0.25, 0.3) is 11.0 Å². The maximum Gasteiger partial charge on any atom is 0.138 e. The Morgan fingerprint density at radius 3 is 2.63 bits per heavy atom. The Morgan fingerprint density at radius 2 is 1.95 bits per heavy atom. The first-order chi connectivity index (χ1) is 9.13. The van der Waals surface area contributed by atoms with Gasteiger partial charge < -0.3 is 9.67 Å². The number of benzene rings is 1. The molecule has 0 unspecified atom stereocenters. The number of nitrogens with zero attached hydrogens (tertiary/aromatic N) is 2. The van der Waals surface area contributed by atoms with Crippen molar-refractivity contribution in [1.29, 1.82) is 0 Å². The molecule has 0 bridgehead atoms. The number of hydrogen-bond acceptors (Lipinski definition) is 2. The number of hydrogen-bond donors (Lipinski definition) is 1. The molecule has 1 N–H and O–H groups in total. The fourth-order valence-corrected chi connectivity index (χ4v) is 2.37. The number of aliphatic hydroxyl groups excluding tert-OH is 1. The lowest BCUT2D eigenvalue weighted by Gasteiger charge is -2.14. The Morgan fingerprint density at radius 1 is 1.21 bits per heavy atom. The number of fused-ring (bicyclic) bond motifs is 1. The Hall–Kier alpha value is -1.35. The number of aryl methyl sites for hydroxylation is 1. The SMILES string of the molecule is CCC[C@H](O)c1nc2ccccc2n1CCC(C)C. The van der Waals surface area contributed by atoms with E-state index < -0.39 is 6.10 Å². The lowest BCUT2D eigenvalue weighted by Crippen LogP contribution is -2.10. The standard InChI is InChI=1S/C16H24N2O/c1-4-7-15(19)16-17-13-8-5-6-9-14(13)18(16)11-10-12(2)3/h5-6,8-9,12,15,19H,4,7,10-11H2,1-3H3/t15-/m0/s1. The average Bonchev–Trinajstić information content (AvgIpc) is 2.75. The van der Waals surface area contributed by atoms with Crippen molar-refractivity contribution >= 4 is 11.0 Å². The summed E-state index contributed by atoms with van der Waals surface area (Å²) in [5.74, 6) is 1.47. The summed E-state index contributed by atoms with van der Waals surface area (Å²) >= 11 is 0. The molecular weight excluding hydrogens is 236 g/mol. The van der Waals surface area contributed by atoms with Crippen LogP contribution in [-0.4, -0.2) is 14.7 Å². The lowest BCUT2D eigenvalue weighted by atomic mass is 10.1. The van der Waals surface area contributed by atoms with Gasteiger partial charge in [-0.15, -0.1) is 0 Å². The van der Waals surface area contributed by atoms with Crippen molar-refractivity contribution in [3.05, 3.63) is 30.1 Å². The van der Waals surface area contributed by atoms with Gasteiger partial charge in [-0.1, -0.05) is 39.3 Å². The molecule has 0 fully saturated rings. The fourth-order valence-electron chi connectivity index (χ4n) is 2.37. The first kappa shape index (κ1) is 14.1. The average molecular weight is 260 g/mol. The second-order valence-corrected chi connectivity index (χ2v) is 5.60. The van der Waals surface area contributed by atoms with Crippen LogP contribution >= 0.6 is 0 Å². The molecule has 2 aromatic rings. The van der Waals surface area contributed by atoms with Crippen LogP contribution in [0.2, 0.25) is 0 Å². The number of para-hydroxylation sites is 2. The Balaban J connectivity index is 2.39. The number of imidazole rings is 1. The van der Waals surface area contributed by atoms with Crippen LogP contribution < -0.4 is 0 Å². The van der Waals surface area contributed by atoms with E-state index >= 15 is 0 Å². The predicted octanol–water partition coefficient (Wildman–Crippen LogP) is 3.92. The molecule has 3 nitrogen and oxygen atoms in total. The van der Waals surface area contributed by atoms with Crippen LogP contribution in [0.15, 0.2) is 24.3 Å². The van der Waals surface area contributed by atoms with Crippen molar-refractivity contribution in [3.8, 4) is 0 Å². The molecule has 1 aromatic heterocycles. The fraction of sp³-hybridized carbons (Fsp3) is 0.562. The molecule has 0 aliphatic rings. The van der Waals surface area contributed by atoms with E-state index in [2.05, 4.69) is 36.4 Å². The molecule has 19 heavy (non-hydrogen) atoms. The summed E-state index contributed by atoms with van der Waals surface area (Å²) in [7, 11) is 0. The highest BCUT2D eigenvalue weighted by Crippen LogP contribution is 2.24. The van der Waals surface area contributed by atoms with Crippen molar-refractivity contribution < 1.29 is 5.11 Å². The van der Waals surface area contributed by atoms with E-state index in [0.717, 1.165) is 42.7 Å². The molecule has 3 heteroatoms. The summed E-state index contributed by atoms with van der Waals surface area (Å²) in [4.78, 5) is 4.62. The molecule has 0 amide bonds. The van der Waals surface area contributed by atoms with Crippen LogP contribution in [0.1, 0.15) is 52.0 Å². The maximum atomic E-state index is 10.3. The van der Waals surface area contributed by atoms with Crippen LogP contribution in [-0.2, 0) is 6.54 Å². The van der Waals surface area contributed by atoms with Gasteiger partial charge in [0.2, 0.25) is 0 Å². The summed E-state index contributed by atoms with van der Waals surface area (Å²) in [6.45, 7) is 7.46. The highest BCUT2D eigenvalue weighted by molar-refractivity contribution is 5.76. The summed E-state index contributed by atoms with van der Waals surface area (Å²) in [5.41, 5.74) is 2.12. The van der Waals surface area contributed by atoms with Crippen molar-refractivity contribution in [1.82, 2.24) is 9.55 Å². The van der Waals surface area contributed by atoms with Gasteiger partial charge in [0.05, 0.1) is 11.0 Å². The van der Waals surface area contributed by atoms with E-state index in [1.807, 2.05) is 18.2 Å². The third kappa shape index (κ3) is 3.16. The van der Waals surface area contributed by atoms with Crippen LogP contribution in [0.5, 0.6) is 0 Å². The third-order valence-corrected chi connectivity index (χ3v) is 3.47. The number of aromatic nitrogens is 2. The second kappa shape index (κ2) is 6.20. The maximum absolute atomic E-state index is 10.3. The van der Waals surface area contributed by atoms with E-state index in [1.54, 1.807) is 0 Å². The summed E-state index contributed by atoms with van der Waals surface area (Å²) < 4.78 is 2.19. The molecule has 0 radical (unpaired) electrons. The molecule has 1 heterocycles. The minimum atomic E-state index is -0.454. The molecule has 2 rings (SSSR count). The molecule has 0 aliphatic heterocycles. The summed E-state index contributed by atoms with van der Waals surface area (Å²) in [6.07, 6.45) is 2.38. The van der Waals surface area contributed by atoms with Gasteiger partial charge in [-0.3, -0.25) is 0 Å². The van der Waals surface area contributed by atoms with Gasteiger partial charge >= 0.3 is 0 Å². The zero-order valence-corrected chi connectivity index (χ0v) is 12.1. The van der Waals surface area contributed by atoms with Crippen molar-refractivity contribution in [3.63, 3.8) is 0 Å². The van der Waals surface area contributed by atoms with Gasteiger partial charge in [0, 0.05) is 6.54 Å². The summed E-state index contributed by atoms with van der Waals surface area (Å²) in [6, 6.07) is 8.14. The topological polar surface area (TPSA) is 38.1 Å². The first-order valence-corrected chi connectivity index (χ1v) is 7.26. The monoisotopic (exact) mass is 260 g/mol. The Bertz CT molecular complexity index is 531. The molecule has 1 atom stereocenters. The molecule has 1 aromatic carbocycles. The van der Waals surface area contributed by atoms with E-state index in [9.17, 15) is 5.11 Å². The van der Waals surface area contributed by atoms with Crippen LogP contribution in [0.3, 0.4) is 0 Å². The highest BCUT2D eigenvalue weighted by Gasteiger charge is 2.17. The van der Waals surface area contributed by atoms with Gasteiger partial charge in [0.1, 0.15) is 11.9 Å². The lowest BCUT2D eigenvalue weighted by molar-refractivity contribution is 0.152. The Kier molecular flexibility index (Phi) is 4.59. The minimum Gasteiger partial charge on any atom is -0.385 e. The van der Waals surface area contributed by atoms with E-state index in [0.29, 0.717) is 5.92 Å². The van der Waals surface area contributed by atoms with Gasteiger partial charge in [-0.2, -0.15) is 0 Å². The molecule has 0 aliphatic carbocycles. The molecule has 0 saturated carbocycles. The number of rotatable bonds is 6. The zero-order chi connectivity index (χ0) is 13.8. The molecule has 0 spiro atoms. The van der Waals surface area contributed by atoms with E-state index in [4.69, 9.17) is 0 Å². The van der Waals surface area contributed by atoms with E-state index in [-0.39, 0.29) is 0 Å². The largest absolute Gasteiger partial charge is 0.385 e. The van der Waals surface area contributed by atoms with Crippen molar-refractivity contribution in [2.45, 2.75) is 52.7 Å². The third-order valence-electron chi connectivity index (χ3n) is 3.47. The first-order valence-electron chi connectivity index (χ1n) is 7.26. The van der Waals surface area contributed by atoms with Crippen molar-refractivity contribution in [2.75, 3.05) is 0 Å². The second-order valence-electron chi connectivity index (χ2n) is 5.60. The predicted molar refractivity (Wildman–Crippen MR) is 79.1 cm³/mol. The minimum absolute atomic E-state index is 0.454. The molecule has 0 saturated heterocycles. The molecule has 104 valence electrons. The van der Waals surface area contributed by atoms with Crippen LogP contribution in [0.4, 0.5) is 0 Å². The summed E-state index contributed by atoms with van der Waals surface area (Å²) in [5, 5.41) is 10.3. The smallest absolute Gasteiger partial charge is 0.138 e. The van der Waals surface area contributed by atoms with Gasteiger partial charge in [-0.05, 0) is 30.9 Å². The zero-order valence-electron chi connectivity index (χ0n) is 12.1. The van der Waals surface area contributed by atoms with Gasteiger partial charge in [0.15, 0.2) is 0 Å². The van der Waals surface area contributed by atoms with Gasteiger partial charge in [0.25, 0.3) is 0 Å². The quantitative estimate of drug-likeness (QED) is 0.855. The number of aliphatic hydroxyl groups is 1. The molecular formula is C16H24N2O. The Labute approximate surface area is 115 Å². The van der Waals surface area contributed by atoms with E-state index in [1.165, 1.54) is 0 Å². The van der Waals surface area contributed by atoms with Gasteiger partial charge in [-0.25, -0.2) is 4.98 Å². The highest BCUT2D eigenvalue weighted by atomic mass is 16.3.